The van der Waals surface area contributed by atoms with Crippen LogP contribution in [0.1, 0.15) is 25.5 Å². The highest BCUT2D eigenvalue weighted by Gasteiger charge is 2.03. The van der Waals surface area contributed by atoms with E-state index < -0.39 is 0 Å². The monoisotopic (exact) mass is 443 g/mol. The van der Waals surface area contributed by atoms with Crippen molar-refractivity contribution in [2.75, 3.05) is 20.7 Å². The first-order valence-corrected chi connectivity index (χ1v) is 7.90. The van der Waals surface area contributed by atoms with Crippen molar-refractivity contribution in [2.45, 2.75) is 26.3 Å². The number of unbranched alkanes of at least 4 members (excludes halogenated alkanes) is 1. The zero-order valence-electron chi connectivity index (χ0n) is 14.5. The number of hydrogen-bond acceptors (Lipinski definition) is 3. The minimum absolute atomic E-state index is 0. The number of ether oxygens (including phenoxy) is 1. The molecule has 6 nitrogen and oxygen atoms in total. The summed E-state index contributed by atoms with van der Waals surface area (Å²) in [5.74, 6) is 1.64. The highest BCUT2D eigenvalue weighted by molar-refractivity contribution is 14.0. The van der Waals surface area contributed by atoms with Crippen LogP contribution in [0.15, 0.2) is 41.5 Å². The van der Waals surface area contributed by atoms with Gasteiger partial charge in [0, 0.05) is 19.8 Å². The van der Waals surface area contributed by atoms with Crippen LogP contribution in [-0.4, -0.2) is 36.4 Å². The summed E-state index contributed by atoms with van der Waals surface area (Å²) >= 11 is 0. The lowest BCUT2D eigenvalue weighted by Crippen LogP contribution is -2.37. The lowest BCUT2D eigenvalue weighted by Gasteiger charge is -2.10. The second kappa shape index (κ2) is 10.9. The molecule has 24 heavy (non-hydrogen) atoms. The summed E-state index contributed by atoms with van der Waals surface area (Å²) in [4.78, 5) is 4.20. The molecule has 7 heteroatoms. The third kappa shape index (κ3) is 6.03. The number of methoxy groups -OCH3 is 1. The van der Waals surface area contributed by atoms with Crippen molar-refractivity contribution in [3.63, 3.8) is 0 Å². The maximum Gasteiger partial charge on any atom is 0.191 e. The van der Waals surface area contributed by atoms with E-state index in [9.17, 15) is 0 Å². The molecule has 0 aliphatic carbocycles. The number of nitrogens with one attached hydrogen (secondary N) is 2. The van der Waals surface area contributed by atoms with Crippen molar-refractivity contribution in [1.29, 1.82) is 0 Å². The SMILES string of the molecule is CCCCNC(=NC)NCc1ccn(-c2ccc(OC)cc2)n1.I. The third-order valence-electron chi connectivity index (χ3n) is 3.46. The third-order valence-corrected chi connectivity index (χ3v) is 3.46. The van der Waals surface area contributed by atoms with E-state index in [1.165, 1.54) is 0 Å². The van der Waals surface area contributed by atoms with Crippen LogP contribution >= 0.6 is 24.0 Å². The quantitative estimate of drug-likeness (QED) is 0.299. The summed E-state index contributed by atoms with van der Waals surface area (Å²) in [6.45, 7) is 3.73. The minimum atomic E-state index is 0. The van der Waals surface area contributed by atoms with Crippen LogP contribution in [0.3, 0.4) is 0 Å². The molecule has 2 N–H and O–H groups in total. The van der Waals surface area contributed by atoms with Crippen molar-refractivity contribution in [2.24, 2.45) is 4.99 Å². The van der Waals surface area contributed by atoms with E-state index >= 15 is 0 Å². The van der Waals surface area contributed by atoms with E-state index in [-0.39, 0.29) is 24.0 Å². The number of aliphatic imine (C=N–C) groups is 1. The summed E-state index contributed by atoms with van der Waals surface area (Å²) in [6.07, 6.45) is 4.25. The van der Waals surface area contributed by atoms with E-state index in [1.54, 1.807) is 14.2 Å². The maximum atomic E-state index is 5.17. The minimum Gasteiger partial charge on any atom is -0.497 e. The second-order valence-corrected chi connectivity index (χ2v) is 5.16. The lowest BCUT2D eigenvalue weighted by atomic mass is 10.3. The van der Waals surface area contributed by atoms with E-state index in [1.807, 2.05) is 41.2 Å². The highest BCUT2D eigenvalue weighted by atomic mass is 127. The van der Waals surface area contributed by atoms with Crippen LogP contribution in [0, 0.1) is 0 Å². The Morgan fingerprint density at radius 2 is 1.96 bits per heavy atom. The standard InChI is InChI=1S/C17H25N5O.HI/c1-4-5-11-19-17(18-2)20-13-14-10-12-22(21-14)15-6-8-16(23-3)9-7-15;/h6-10,12H,4-5,11,13H2,1-3H3,(H2,18,19,20);1H. The van der Waals surface area contributed by atoms with Gasteiger partial charge in [-0.05, 0) is 36.8 Å². The van der Waals surface area contributed by atoms with Crippen LogP contribution in [0.4, 0.5) is 0 Å². The van der Waals surface area contributed by atoms with Gasteiger partial charge in [-0.25, -0.2) is 4.68 Å². The average Bonchev–Trinajstić information content (AvgIpc) is 3.07. The second-order valence-electron chi connectivity index (χ2n) is 5.16. The molecule has 132 valence electrons. The van der Waals surface area contributed by atoms with Crippen molar-refractivity contribution < 1.29 is 4.74 Å². The lowest BCUT2D eigenvalue weighted by molar-refractivity contribution is 0.414. The van der Waals surface area contributed by atoms with Gasteiger partial charge in [-0.3, -0.25) is 4.99 Å². The Hall–Kier alpha value is -1.77. The number of hydrogen-bond donors (Lipinski definition) is 2. The molecule has 0 fully saturated rings. The molecule has 1 heterocycles. The van der Waals surface area contributed by atoms with Gasteiger partial charge in [-0.1, -0.05) is 13.3 Å². The van der Waals surface area contributed by atoms with Crippen LogP contribution in [-0.2, 0) is 6.54 Å². The van der Waals surface area contributed by atoms with Crippen LogP contribution < -0.4 is 15.4 Å². The first-order valence-electron chi connectivity index (χ1n) is 7.90. The predicted molar refractivity (Wildman–Crippen MR) is 109 cm³/mol. The van der Waals surface area contributed by atoms with Crippen molar-refractivity contribution in [1.82, 2.24) is 20.4 Å². The maximum absolute atomic E-state index is 5.17. The fraction of sp³-hybridized carbons (Fsp3) is 0.412. The molecule has 0 aliphatic heterocycles. The number of guanidine groups is 1. The first kappa shape index (κ1) is 20.3. The summed E-state index contributed by atoms with van der Waals surface area (Å²) in [5, 5.41) is 11.1. The van der Waals surface area contributed by atoms with Gasteiger partial charge in [0.1, 0.15) is 5.75 Å². The Balaban J connectivity index is 0.00000288. The van der Waals surface area contributed by atoms with Crippen LogP contribution in [0.5, 0.6) is 5.75 Å². The summed E-state index contributed by atoms with van der Waals surface area (Å²) in [7, 11) is 3.44. The van der Waals surface area contributed by atoms with Gasteiger partial charge < -0.3 is 15.4 Å². The number of halogens is 1. The Morgan fingerprint density at radius 1 is 1.21 bits per heavy atom. The van der Waals surface area contributed by atoms with Gasteiger partial charge in [0.25, 0.3) is 0 Å². The van der Waals surface area contributed by atoms with E-state index in [4.69, 9.17) is 4.74 Å². The molecule has 0 aliphatic rings. The van der Waals surface area contributed by atoms with Crippen molar-refractivity contribution >= 4 is 29.9 Å². The van der Waals surface area contributed by atoms with Gasteiger partial charge in [0.05, 0.1) is 25.0 Å². The van der Waals surface area contributed by atoms with Crippen LogP contribution in [0.2, 0.25) is 0 Å². The first-order chi connectivity index (χ1) is 11.3. The van der Waals surface area contributed by atoms with Gasteiger partial charge >= 0.3 is 0 Å². The largest absolute Gasteiger partial charge is 0.497 e. The topological polar surface area (TPSA) is 63.5 Å². The average molecular weight is 443 g/mol. The molecule has 0 radical (unpaired) electrons. The Morgan fingerprint density at radius 3 is 2.58 bits per heavy atom. The van der Waals surface area contributed by atoms with Gasteiger partial charge in [-0.15, -0.1) is 24.0 Å². The van der Waals surface area contributed by atoms with E-state index in [2.05, 4.69) is 27.6 Å². The normalized spacial score (nSPS) is 10.9. The number of nitrogens with zero attached hydrogens (tertiary/aromatic N) is 3. The Bertz CT molecular complexity index is 624. The molecule has 0 bridgehead atoms. The van der Waals surface area contributed by atoms with Gasteiger partial charge in [0.15, 0.2) is 5.96 Å². The number of benzene rings is 1. The molecule has 0 amide bonds. The molecule has 2 aromatic rings. The fourth-order valence-electron chi connectivity index (χ4n) is 2.11. The smallest absolute Gasteiger partial charge is 0.191 e. The summed E-state index contributed by atoms with van der Waals surface area (Å²) < 4.78 is 7.02. The molecule has 1 aromatic heterocycles. The summed E-state index contributed by atoms with van der Waals surface area (Å²) in [5.41, 5.74) is 1.96. The van der Waals surface area contributed by atoms with Crippen molar-refractivity contribution in [3.05, 3.63) is 42.2 Å². The zero-order valence-corrected chi connectivity index (χ0v) is 16.8. The molecule has 2 rings (SSSR count). The highest BCUT2D eigenvalue weighted by Crippen LogP contribution is 2.14. The molecular formula is C17H26IN5O. The number of rotatable bonds is 7. The van der Waals surface area contributed by atoms with Gasteiger partial charge in [0.2, 0.25) is 0 Å². The van der Waals surface area contributed by atoms with E-state index in [0.29, 0.717) is 6.54 Å². The van der Waals surface area contributed by atoms with Gasteiger partial charge in [-0.2, -0.15) is 5.10 Å². The van der Waals surface area contributed by atoms with Crippen molar-refractivity contribution in [3.8, 4) is 11.4 Å². The molecule has 0 atom stereocenters. The Labute approximate surface area is 160 Å². The molecule has 0 unspecified atom stereocenters. The van der Waals surface area contributed by atoms with E-state index in [0.717, 1.165) is 42.5 Å². The fourth-order valence-corrected chi connectivity index (χ4v) is 2.11. The molecule has 0 saturated carbocycles. The molecule has 0 saturated heterocycles. The predicted octanol–water partition coefficient (Wildman–Crippen LogP) is 2.96. The number of aromatic nitrogens is 2. The van der Waals surface area contributed by atoms with Crippen LogP contribution in [0.25, 0.3) is 5.69 Å². The molecular weight excluding hydrogens is 417 g/mol. The molecule has 1 aromatic carbocycles. The zero-order chi connectivity index (χ0) is 16.5. The molecule has 0 spiro atoms. The summed E-state index contributed by atoms with van der Waals surface area (Å²) in [6, 6.07) is 9.81. The Kier molecular flexibility index (Phi) is 9.21.